The summed E-state index contributed by atoms with van der Waals surface area (Å²) >= 11 is 7.04. The van der Waals surface area contributed by atoms with Gasteiger partial charge in [0.2, 0.25) is 5.91 Å². The van der Waals surface area contributed by atoms with Crippen LogP contribution in [0.2, 0.25) is 5.02 Å². The molecule has 1 amide bonds. The second-order valence-electron chi connectivity index (χ2n) is 6.84. The Bertz CT molecular complexity index is 1100. The molecular formula is C20H19ClF3N5OS. The lowest BCUT2D eigenvalue weighted by Gasteiger charge is -2.13. The highest BCUT2D eigenvalue weighted by Crippen LogP contribution is 2.34. The molecule has 1 aromatic heterocycles. The first-order valence-corrected chi connectivity index (χ1v) is 10.4. The normalized spacial score (nSPS) is 11.5. The Morgan fingerprint density at radius 1 is 1.19 bits per heavy atom. The third kappa shape index (κ3) is 5.50. The Labute approximate surface area is 186 Å². The van der Waals surface area contributed by atoms with Gasteiger partial charge in [0.25, 0.3) is 0 Å². The molecule has 1 heterocycles. The summed E-state index contributed by atoms with van der Waals surface area (Å²) < 4.78 is 40.4. The number of benzene rings is 2. The van der Waals surface area contributed by atoms with Gasteiger partial charge in [0, 0.05) is 32.4 Å². The largest absolute Gasteiger partial charge is 0.416 e. The number of amides is 1. The zero-order valence-corrected chi connectivity index (χ0v) is 18.4. The van der Waals surface area contributed by atoms with Crippen LogP contribution in [0, 0.1) is 0 Å². The van der Waals surface area contributed by atoms with E-state index in [9.17, 15) is 18.0 Å². The third-order valence-corrected chi connectivity index (χ3v) is 5.71. The molecule has 164 valence electrons. The lowest BCUT2D eigenvalue weighted by Crippen LogP contribution is -2.16. The summed E-state index contributed by atoms with van der Waals surface area (Å²) in [5.41, 5.74) is 0.888. The average Bonchev–Trinajstić information content (AvgIpc) is 3.07. The maximum atomic E-state index is 12.9. The van der Waals surface area contributed by atoms with Crippen LogP contribution in [0.5, 0.6) is 0 Å². The molecule has 0 spiro atoms. The molecule has 0 radical (unpaired) electrons. The number of alkyl halides is 3. The topological polar surface area (TPSA) is 63.1 Å². The number of rotatable bonds is 6. The van der Waals surface area contributed by atoms with Gasteiger partial charge < -0.3 is 14.8 Å². The highest BCUT2D eigenvalue weighted by atomic mass is 35.5. The molecule has 3 aromatic rings. The molecule has 31 heavy (non-hydrogen) atoms. The van der Waals surface area contributed by atoms with Gasteiger partial charge in [-0.2, -0.15) is 13.2 Å². The van der Waals surface area contributed by atoms with E-state index in [2.05, 4.69) is 15.5 Å². The van der Waals surface area contributed by atoms with Gasteiger partial charge in [0.05, 0.1) is 22.0 Å². The maximum absolute atomic E-state index is 12.9. The SMILES string of the molecule is CN(C)c1cccc(-c2nnc(SCC(=O)Nc3cc(C(F)(F)F)ccc3Cl)n2C)c1. The van der Waals surface area contributed by atoms with E-state index in [1.807, 2.05) is 43.3 Å². The fourth-order valence-electron chi connectivity index (χ4n) is 2.73. The molecule has 0 unspecified atom stereocenters. The van der Waals surface area contributed by atoms with Crippen molar-refractivity contribution in [2.24, 2.45) is 7.05 Å². The summed E-state index contributed by atoms with van der Waals surface area (Å²) in [4.78, 5) is 14.2. The molecule has 0 aliphatic rings. The first-order valence-electron chi connectivity index (χ1n) is 9.03. The number of nitrogens with zero attached hydrogens (tertiary/aromatic N) is 4. The number of nitrogens with one attached hydrogen (secondary N) is 1. The van der Waals surface area contributed by atoms with E-state index in [1.165, 1.54) is 0 Å². The van der Waals surface area contributed by atoms with E-state index in [0.29, 0.717) is 11.0 Å². The number of carbonyl (C=O) groups excluding carboxylic acids is 1. The number of hydrogen-bond donors (Lipinski definition) is 1. The molecular weight excluding hydrogens is 451 g/mol. The molecule has 6 nitrogen and oxygen atoms in total. The van der Waals surface area contributed by atoms with E-state index in [0.717, 1.165) is 41.2 Å². The fraction of sp³-hybridized carbons (Fsp3) is 0.250. The van der Waals surface area contributed by atoms with Crippen LogP contribution in [0.1, 0.15) is 5.56 Å². The van der Waals surface area contributed by atoms with E-state index in [4.69, 9.17) is 11.6 Å². The summed E-state index contributed by atoms with van der Waals surface area (Å²) in [7, 11) is 5.65. The Morgan fingerprint density at radius 3 is 2.61 bits per heavy atom. The van der Waals surface area contributed by atoms with Crippen molar-refractivity contribution in [2.45, 2.75) is 11.3 Å². The number of halogens is 4. The second kappa shape index (κ2) is 9.19. The van der Waals surface area contributed by atoms with Gasteiger partial charge >= 0.3 is 6.18 Å². The Morgan fingerprint density at radius 2 is 1.94 bits per heavy atom. The van der Waals surface area contributed by atoms with Crippen molar-refractivity contribution in [2.75, 3.05) is 30.1 Å². The monoisotopic (exact) mass is 469 g/mol. The van der Waals surface area contributed by atoms with Crippen molar-refractivity contribution in [3.8, 4) is 11.4 Å². The Kier molecular flexibility index (Phi) is 6.80. The minimum Gasteiger partial charge on any atom is -0.378 e. The van der Waals surface area contributed by atoms with Crippen molar-refractivity contribution in [1.29, 1.82) is 0 Å². The van der Waals surface area contributed by atoms with Crippen LogP contribution in [-0.2, 0) is 18.0 Å². The predicted octanol–water partition coefficient (Wildman–Crippen LogP) is 4.95. The van der Waals surface area contributed by atoms with Crippen LogP contribution in [0.3, 0.4) is 0 Å². The van der Waals surface area contributed by atoms with Crippen LogP contribution < -0.4 is 10.2 Å². The number of hydrogen-bond acceptors (Lipinski definition) is 5. The zero-order chi connectivity index (χ0) is 22.8. The summed E-state index contributed by atoms with van der Waals surface area (Å²) in [6.07, 6.45) is -4.53. The first-order chi connectivity index (χ1) is 14.6. The average molecular weight is 470 g/mol. The predicted molar refractivity (Wildman–Crippen MR) is 117 cm³/mol. The molecule has 0 saturated carbocycles. The summed E-state index contributed by atoms with van der Waals surface area (Å²) in [6, 6.07) is 10.5. The number of aromatic nitrogens is 3. The maximum Gasteiger partial charge on any atom is 0.416 e. The Balaban J connectivity index is 1.69. The summed E-state index contributed by atoms with van der Waals surface area (Å²) in [5.74, 6) is 0.0499. The van der Waals surface area contributed by atoms with Crippen molar-refractivity contribution in [3.05, 3.63) is 53.1 Å². The molecule has 0 atom stereocenters. The summed E-state index contributed by atoms with van der Waals surface area (Å²) in [5, 5.41) is 11.2. The fourth-order valence-corrected chi connectivity index (χ4v) is 3.60. The minimum absolute atomic E-state index is 0.0214. The zero-order valence-electron chi connectivity index (χ0n) is 16.9. The van der Waals surface area contributed by atoms with Gasteiger partial charge in [0.1, 0.15) is 0 Å². The minimum atomic E-state index is -4.53. The van der Waals surface area contributed by atoms with E-state index in [-0.39, 0.29) is 16.5 Å². The molecule has 0 saturated heterocycles. The van der Waals surface area contributed by atoms with Gasteiger partial charge in [-0.25, -0.2) is 0 Å². The number of anilines is 2. The molecule has 1 N–H and O–H groups in total. The van der Waals surface area contributed by atoms with E-state index < -0.39 is 17.6 Å². The highest BCUT2D eigenvalue weighted by Gasteiger charge is 2.31. The standard InChI is InChI=1S/C20H19ClF3N5OS/c1-28(2)14-6-4-5-12(9-14)18-26-27-19(29(18)3)31-11-17(30)25-16-10-13(20(22,23)24)7-8-15(16)21/h4-10H,11H2,1-3H3,(H,25,30). The second-order valence-corrected chi connectivity index (χ2v) is 8.19. The van der Waals surface area contributed by atoms with Crippen molar-refractivity contribution in [3.63, 3.8) is 0 Å². The molecule has 11 heteroatoms. The van der Waals surface area contributed by atoms with Crippen LogP contribution in [0.25, 0.3) is 11.4 Å². The van der Waals surface area contributed by atoms with Crippen molar-refractivity contribution in [1.82, 2.24) is 14.8 Å². The number of thioether (sulfide) groups is 1. The summed E-state index contributed by atoms with van der Waals surface area (Å²) in [6.45, 7) is 0. The van der Waals surface area contributed by atoms with E-state index >= 15 is 0 Å². The molecule has 3 rings (SSSR count). The Hall–Kier alpha value is -2.72. The molecule has 0 bridgehead atoms. The highest BCUT2D eigenvalue weighted by molar-refractivity contribution is 7.99. The van der Waals surface area contributed by atoms with Crippen LogP contribution in [0.4, 0.5) is 24.5 Å². The molecule has 0 fully saturated rings. The molecule has 0 aliphatic carbocycles. The third-order valence-electron chi connectivity index (χ3n) is 4.36. The lowest BCUT2D eigenvalue weighted by molar-refractivity contribution is -0.137. The van der Waals surface area contributed by atoms with Gasteiger partial charge in [-0.05, 0) is 30.3 Å². The van der Waals surface area contributed by atoms with Crippen molar-refractivity contribution < 1.29 is 18.0 Å². The van der Waals surface area contributed by atoms with E-state index in [1.54, 1.807) is 11.6 Å². The smallest absolute Gasteiger partial charge is 0.378 e. The first kappa shape index (κ1) is 23.0. The molecule has 2 aromatic carbocycles. The van der Waals surface area contributed by atoms with Gasteiger partial charge in [-0.15, -0.1) is 10.2 Å². The van der Waals surface area contributed by atoms with Gasteiger partial charge in [0.15, 0.2) is 11.0 Å². The molecule has 0 aliphatic heterocycles. The van der Waals surface area contributed by atoms with Crippen molar-refractivity contribution >= 4 is 40.6 Å². The number of carbonyl (C=O) groups is 1. The lowest BCUT2D eigenvalue weighted by atomic mass is 10.2. The van der Waals surface area contributed by atoms with Gasteiger partial charge in [-0.3, -0.25) is 4.79 Å². The quantitative estimate of drug-likeness (QED) is 0.517. The van der Waals surface area contributed by atoms with Crippen LogP contribution >= 0.6 is 23.4 Å². The van der Waals surface area contributed by atoms with Gasteiger partial charge in [-0.1, -0.05) is 35.5 Å². The van der Waals surface area contributed by atoms with Crippen LogP contribution in [0.15, 0.2) is 47.6 Å². The van der Waals surface area contributed by atoms with Crippen LogP contribution in [-0.4, -0.2) is 40.5 Å².